The molecule has 0 spiro atoms. The molecule has 0 saturated heterocycles. The Morgan fingerprint density at radius 1 is 0.732 bits per heavy atom. The molecule has 56 heavy (non-hydrogen) atoms. The molecule has 0 bridgehead atoms. The van der Waals surface area contributed by atoms with Gasteiger partial charge < -0.3 is 30.5 Å². The van der Waals surface area contributed by atoms with Crippen LogP contribution >= 0.6 is 0 Å². The molecule has 3 rings (SSSR count). The van der Waals surface area contributed by atoms with Gasteiger partial charge in [-0.25, -0.2) is 14.6 Å². The number of hydrogen-bond acceptors (Lipinski definition) is 11. The van der Waals surface area contributed by atoms with Crippen molar-refractivity contribution in [2.75, 3.05) is 20.8 Å². The Morgan fingerprint density at radius 3 is 1.70 bits per heavy atom. The molecule has 7 N–H and O–H groups in total. The summed E-state index contributed by atoms with van der Waals surface area (Å²) in [4.78, 5) is 56.3. The summed E-state index contributed by atoms with van der Waals surface area (Å²) in [7, 11) is -2.23. The number of aromatic nitrogens is 1. The average Bonchev–Trinajstić information content (AvgIpc) is 3.11. The van der Waals surface area contributed by atoms with E-state index in [0.717, 1.165) is 22.4 Å². The highest BCUT2D eigenvalue weighted by atomic mass is 32.3. The molecule has 0 aliphatic carbocycles. The van der Waals surface area contributed by atoms with Crippen molar-refractivity contribution in [2.24, 2.45) is 10.8 Å². The Kier molecular flexibility index (Phi) is 17.8. The zero-order valence-corrected chi connectivity index (χ0v) is 33.7. The van der Waals surface area contributed by atoms with E-state index in [0.29, 0.717) is 0 Å². The first-order valence-electron chi connectivity index (χ1n) is 17.5. The molecule has 0 fully saturated rings. The summed E-state index contributed by atoms with van der Waals surface area (Å²) in [6, 6.07) is 19.8. The highest BCUT2D eigenvalue weighted by molar-refractivity contribution is 7.79. The Morgan fingerprint density at radius 2 is 1.23 bits per heavy atom. The monoisotopic (exact) mass is 802 g/mol. The van der Waals surface area contributed by atoms with Gasteiger partial charge in [0.25, 0.3) is 5.91 Å². The molecule has 0 unspecified atom stereocenters. The van der Waals surface area contributed by atoms with E-state index in [1.165, 1.54) is 14.2 Å². The van der Waals surface area contributed by atoms with E-state index in [9.17, 15) is 24.3 Å². The van der Waals surface area contributed by atoms with Gasteiger partial charge in [0.15, 0.2) is 0 Å². The first-order chi connectivity index (χ1) is 26.0. The second-order valence-corrected chi connectivity index (χ2v) is 15.9. The number of carbonyl (C=O) groups excluding carboxylic acids is 4. The average molecular weight is 803 g/mol. The lowest BCUT2D eigenvalue weighted by molar-refractivity contribution is -0.132. The van der Waals surface area contributed by atoms with Gasteiger partial charge in [-0.3, -0.25) is 29.1 Å². The van der Waals surface area contributed by atoms with Crippen LogP contribution in [0, 0.1) is 10.8 Å². The number of nitrogens with one attached hydrogen (secondary N) is 4. The highest BCUT2D eigenvalue weighted by Crippen LogP contribution is 2.23. The Balaban J connectivity index is 0.00000203. The molecule has 17 nitrogen and oxygen atoms in total. The molecule has 0 aliphatic rings. The largest absolute Gasteiger partial charge is 0.453 e. The van der Waals surface area contributed by atoms with E-state index in [-0.39, 0.29) is 19.5 Å². The summed E-state index contributed by atoms with van der Waals surface area (Å²) in [5, 5.41) is 21.6. The number of aliphatic hydroxyl groups is 1. The number of pyridine rings is 1. The van der Waals surface area contributed by atoms with Crippen molar-refractivity contribution in [2.45, 2.75) is 78.7 Å². The van der Waals surface area contributed by atoms with Crippen molar-refractivity contribution < 1.29 is 51.3 Å². The minimum absolute atomic E-state index is 0.120. The smallest absolute Gasteiger partial charge is 0.407 e. The van der Waals surface area contributed by atoms with Crippen LogP contribution in [0.1, 0.15) is 52.7 Å². The fourth-order valence-corrected chi connectivity index (χ4v) is 5.38. The van der Waals surface area contributed by atoms with Gasteiger partial charge in [0.2, 0.25) is 5.91 Å². The predicted molar refractivity (Wildman–Crippen MR) is 208 cm³/mol. The number of aliphatic hydroxyl groups excluding tert-OH is 1. The minimum Gasteiger partial charge on any atom is -0.453 e. The highest BCUT2D eigenvalue weighted by Gasteiger charge is 2.37. The lowest BCUT2D eigenvalue weighted by Gasteiger charge is -2.35. The van der Waals surface area contributed by atoms with Crippen molar-refractivity contribution in [3.8, 4) is 11.3 Å². The van der Waals surface area contributed by atoms with E-state index in [1.807, 2.05) is 93.6 Å². The molecule has 0 saturated carbocycles. The summed E-state index contributed by atoms with van der Waals surface area (Å²) < 4.78 is 41.1. The second kappa shape index (κ2) is 21.2. The normalized spacial score (nSPS) is 13.8. The second-order valence-electron chi connectivity index (χ2n) is 15.0. The third-order valence-corrected chi connectivity index (χ3v) is 8.21. The lowest BCUT2D eigenvalue weighted by atomic mass is 9.85. The van der Waals surface area contributed by atoms with Gasteiger partial charge >= 0.3 is 22.6 Å². The van der Waals surface area contributed by atoms with Crippen molar-refractivity contribution >= 4 is 34.4 Å². The predicted octanol–water partition coefficient (Wildman–Crippen LogP) is 3.56. The third-order valence-electron chi connectivity index (χ3n) is 8.21. The Labute approximate surface area is 328 Å². The number of benzene rings is 2. The van der Waals surface area contributed by atoms with Gasteiger partial charge in [0.05, 0.1) is 32.1 Å². The number of ether oxygens (including phenoxy) is 2. The van der Waals surface area contributed by atoms with Gasteiger partial charge in [0.1, 0.15) is 12.1 Å². The topological polar surface area (TPSA) is 246 Å². The fourth-order valence-electron chi connectivity index (χ4n) is 5.38. The number of alkyl carbamates (subject to hydrolysis) is 2. The third kappa shape index (κ3) is 17.1. The van der Waals surface area contributed by atoms with E-state index < -0.39 is 69.5 Å². The van der Waals surface area contributed by atoms with E-state index in [1.54, 1.807) is 32.0 Å². The van der Waals surface area contributed by atoms with Gasteiger partial charge in [0, 0.05) is 24.8 Å². The quantitative estimate of drug-likeness (QED) is 0.0912. The SMILES string of the molecule is COC(=O)N[C@H](C(=O)N[C@@H](Cc1ccccc1)[C@@H](O)CN(Cc1ccc(-c2ccccn2)cc1)NC(=O)[C@H](NC(=O)OC)C(C)(C)C)C(C)(C)C.O=S(=O)(O)O. The first kappa shape index (κ1) is 47.0. The maximum absolute atomic E-state index is 13.8. The van der Waals surface area contributed by atoms with Crippen LogP contribution in [0.3, 0.4) is 0 Å². The lowest BCUT2D eigenvalue weighted by Crippen LogP contribution is -2.60. The summed E-state index contributed by atoms with van der Waals surface area (Å²) in [6.45, 7) is 10.9. The zero-order valence-electron chi connectivity index (χ0n) is 32.8. The minimum atomic E-state index is -4.67. The van der Waals surface area contributed by atoms with Crippen LogP contribution in [0.15, 0.2) is 79.0 Å². The number of rotatable bonds is 14. The van der Waals surface area contributed by atoms with Gasteiger partial charge in [-0.15, -0.1) is 0 Å². The van der Waals surface area contributed by atoms with Crippen LogP contribution in [0.5, 0.6) is 0 Å². The van der Waals surface area contributed by atoms with Crippen LogP contribution in [-0.2, 0) is 42.4 Å². The van der Waals surface area contributed by atoms with E-state index >= 15 is 0 Å². The maximum atomic E-state index is 13.8. The first-order valence-corrected chi connectivity index (χ1v) is 18.9. The molecule has 4 amide bonds. The summed E-state index contributed by atoms with van der Waals surface area (Å²) in [5.41, 5.74) is 4.88. The molecular weight excluding hydrogens is 749 g/mol. The number of amides is 4. The Hall–Kier alpha value is -5.14. The number of hydrazine groups is 1. The number of nitrogens with zero attached hydrogens (tertiary/aromatic N) is 2. The zero-order chi connectivity index (χ0) is 42.3. The molecular formula is C38H54N6O11S. The molecule has 3 aromatic rings. The van der Waals surface area contributed by atoms with Gasteiger partial charge in [-0.05, 0) is 40.5 Å². The van der Waals surface area contributed by atoms with Crippen molar-refractivity contribution in [3.05, 3.63) is 90.1 Å². The fraction of sp³-hybridized carbons (Fsp3) is 0.447. The molecule has 0 radical (unpaired) electrons. The van der Waals surface area contributed by atoms with Crippen molar-refractivity contribution in [1.82, 2.24) is 31.4 Å². The van der Waals surface area contributed by atoms with Crippen molar-refractivity contribution in [3.63, 3.8) is 0 Å². The van der Waals surface area contributed by atoms with E-state index in [4.69, 9.17) is 27.0 Å². The molecule has 0 aliphatic heterocycles. The molecule has 308 valence electrons. The number of hydrogen-bond donors (Lipinski definition) is 7. The van der Waals surface area contributed by atoms with Crippen LogP contribution in [0.2, 0.25) is 0 Å². The summed E-state index contributed by atoms with van der Waals surface area (Å²) in [6.07, 6.45) is -0.778. The molecule has 4 atom stereocenters. The van der Waals surface area contributed by atoms with Crippen LogP contribution in [0.25, 0.3) is 11.3 Å². The maximum Gasteiger partial charge on any atom is 0.407 e. The van der Waals surface area contributed by atoms with Crippen LogP contribution in [0.4, 0.5) is 9.59 Å². The standard InChI is InChI=1S/C38H52N6O7.H2O4S/c1-37(2,3)31(41-35(48)50-7)33(46)40-29(22-25-14-10-9-11-15-25)30(45)24-44(43-34(47)32(38(4,5)6)42-36(49)51-8)23-26-17-19-27(20-18-26)28-16-12-13-21-39-28;1-5(2,3)4/h9-21,29-32,45H,22-24H2,1-8H3,(H,40,46)(H,41,48)(H,42,49)(H,43,47);(H2,1,2,3,4)/t29-,30-,31+,32-;/m0./s1. The Bertz CT molecular complexity index is 1810. The van der Waals surface area contributed by atoms with Gasteiger partial charge in [-0.1, -0.05) is 102 Å². The summed E-state index contributed by atoms with van der Waals surface area (Å²) in [5.74, 6) is -1.03. The molecule has 1 heterocycles. The molecule has 2 aromatic carbocycles. The van der Waals surface area contributed by atoms with Crippen molar-refractivity contribution in [1.29, 1.82) is 0 Å². The molecule has 18 heteroatoms. The van der Waals surface area contributed by atoms with Crippen LogP contribution < -0.4 is 21.4 Å². The van der Waals surface area contributed by atoms with E-state index in [2.05, 4.69) is 26.4 Å². The number of carbonyl (C=O) groups is 4. The molecule has 1 aromatic heterocycles. The number of methoxy groups -OCH3 is 2. The van der Waals surface area contributed by atoms with Crippen LogP contribution in [-0.4, -0.2) is 102 Å². The summed E-state index contributed by atoms with van der Waals surface area (Å²) >= 11 is 0. The van der Waals surface area contributed by atoms with Gasteiger partial charge in [-0.2, -0.15) is 8.42 Å².